The van der Waals surface area contributed by atoms with E-state index in [4.69, 9.17) is 9.47 Å². The number of methoxy groups -OCH3 is 1. The van der Waals surface area contributed by atoms with E-state index in [0.29, 0.717) is 29.4 Å². The predicted molar refractivity (Wildman–Crippen MR) is 117 cm³/mol. The van der Waals surface area contributed by atoms with Crippen molar-refractivity contribution in [3.05, 3.63) is 52.0 Å². The first-order valence-electron chi connectivity index (χ1n) is 9.11. The minimum absolute atomic E-state index is 0.331. The Balaban J connectivity index is 1.91. The minimum Gasteiger partial charge on any atom is -0.493 e. The Bertz CT molecular complexity index is 882. The van der Waals surface area contributed by atoms with E-state index in [-0.39, 0.29) is 6.42 Å². The Morgan fingerprint density at radius 2 is 1.90 bits per heavy atom. The molecule has 0 aliphatic carbocycles. The summed E-state index contributed by atoms with van der Waals surface area (Å²) in [6.45, 7) is 4.55. The van der Waals surface area contributed by atoms with Crippen LogP contribution in [0.1, 0.15) is 30.9 Å². The predicted octanol–water partition coefficient (Wildman–Crippen LogP) is 4.03. The van der Waals surface area contributed by atoms with Crippen LogP contribution in [0.15, 0.2) is 46.0 Å². The fraction of sp³-hybridized carbons (Fsp3) is 0.286. The largest absolute Gasteiger partial charge is 0.493 e. The number of halogens is 1. The van der Waals surface area contributed by atoms with Crippen molar-refractivity contribution in [3.63, 3.8) is 0 Å². The summed E-state index contributed by atoms with van der Waals surface area (Å²) in [6.07, 6.45) is 2.01. The van der Waals surface area contributed by atoms with E-state index in [9.17, 15) is 9.59 Å². The van der Waals surface area contributed by atoms with Crippen molar-refractivity contribution in [1.29, 1.82) is 0 Å². The molecule has 7 nitrogen and oxygen atoms in total. The van der Waals surface area contributed by atoms with Crippen molar-refractivity contribution in [2.24, 2.45) is 5.10 Å². The van der Waals surface area contributed by atoms with Gasteiger partial charge < -0.3 is 14.8 Å². The van der Waals surface area contributed by atoms with Crippen LogP contribution in [-0.2, 0) is 9.59 Å². The molecule has 0 spiro atoms. The average Bonchev–Trinajstić information content (AvgIpc) is 2.68. The molecule has 0 fully saturated rings. The highest BCUT2D eigenvalue weighted by molar-refractivity contribution is 9.10. The highest BCUT2D eigenvalue weighted by Gasteiger charge is 2.12. The number of aryl methyl sites for hydroxylation is 1. The van der Waals surface area contributed by atoms with Crippen LogP contribution < -0.4 is 20.2 Å². The monoisotopic (exact) mass is 461 g/mol. The SMILES string of the molecule is CCCOc1c(Br)cc(C=NNC(=O)CC(=O)Nc2ccc(C)cc2)cc1OC. The Hall–Kier alpha value is -2.87. The summed E-state index contributed by atoms with van der Waals surface area (Å²) < 4.78 is 11.7. The van der Waals surface area contributed by atoms with Gasteiger partial charge in [-0.25, -0.2) is 5.43 Å². The van der Waals surface area contributed by atoms with Gasteiger partial charge in [0.2, 0.25) is 11.8 Å². The topological polar surface area (TPSA) is 89.0 Å². The van der Waals surface area contributed by atoms with Gasteiger partial charge in [0.1, 0.15) is 6.42 Å². The summed E-state index contributed by atoms with van der Waals surface area (Å²) in [6, 6.07) is 10.9. The highest BCUT2D eigenvalue weighted by atomic mass is 79.9. The number of ether oxygens (including phenoxy) is 2. The molecule has 2 aromatic carbocycles. The number of hydrogen-bond donors (Lipinski definition) is 2. The van der Waals surface area contributed by atoms with Crippen LogP contribution in [0.25, 0.3) is 0 Å². The van der Waals surface area contributed by atoms with E-state index >= 15 is 0 Å². The second-order valence-corrected chi connectivity index (χ2v) is 7.12. The molecular formula is C21H24BrN3O4. The molecule has 0 heterocycles. The first-order valence-corrected chi connectivity index (χ1v) is 9.91. The van der Waals surface area contributed by atoms with Crippen molar-refractivity contribution >= 4 is 39.6 Å². The quantitative estimate of drug-likeness (QED) is 0.335. The van der Waals surface area contributed by atoms with Crippen molar-refractivity contribution in [2.75, 3.05) is 19.0 Å². The maximum atomic E-state index is 11.9. The highest BCUT2D eigenvalue weighted by Crippen LogP contribution is 2.36. The smallest absolute Gasteiger partial charge is 0.249 e. The summed E-state index contributed by atoms with van der Waals surface area (Å²) in [5.41, 5.74) is 4.77. The zero-order valence-electron chi connectivity index (χ0n) is 16.6. The summed E-state index contributed by atoms with van der Waals surface area (Å²) >= 11 is 3.45. The van der Waals surface area contributed by atoms with Gasteiger partial charge in [-0.2, -0.15) is 5.10 Å². The third-order valence-electron chi connectivity index (χ3n) is 3.76. The zero-order chi connectivity index (χ0) is 21.2. The van der Waals surface area contributed by atoms with Crippen LogP contribution in [0.4, 0.5) is 5.69 Å². The number of carbonyl (C=O) groups excluding carboxylic acids is 2. The maximum absolute atomic E-state index is 11.9. The van der Waals surface area contributed by atoms with E-state index < -0.39 is 11.8 Å². The second-order valence-electron chi connectivity index (χ2n) is 6.27. The fourth-order valence-corrected chi connectivity index (χ4v) is 2.94. The van der Waals surface area contributed by atoms with Crippen LogP contribution >= 0.6 is 15.9 Å². The maximum Gasteiger partial charge on any atom is 0.249 e. The van der Waals surface area contributed by atoms with Gasteiger partial charge in [0.15, 0.2) is 11.5 Å². The number of anilines is 1. The van der Waals surface area contributed by atoms with Crippen LogP contribution in [-0.4, -0.2) is 31.7 Å². The van der Waals surface area contributed by atoms with Crippen LogP contribution in [0.2, 0.25) is 0 Å². The third-order valence-corrected chi connectivity index (χ3v) is 4.35. The van der Waals surface area contributed by atoms with E-state index in [0.717, 1.165) is 16.5 Å². The molecule has 2 N–H and O–H groups in total. The lowest BCUT2D eigenvalue weighted by Crippen LogP contribution is -2.24. The number of nitrogens with one attached hydrogen (secondary N) is 2. The fourth-order valence-electron chi connectivity index (χ4n) is 2.36. The Morgan fingerprint density at radius 1 is 1.17 bits per heavy atom. The van der Waals surface area contributed by atoms with E-state index in [1.54, 1.807) is 31.4 Å². The summed E-state index contributed by atoms with van der Waals surface area (Å²) in [5, 5.41) is 6.57. The van der Waals surface area contributed by atoms with Gasteiger partial charge in [-0.1, -0.05) is 24.6 Å². The Labute approximate surface area is 178 Å². The molecule has 2 aromatic rings. The van der Waals surface area contributed by atoms with E-state index in [2.05, 4.69) is 31.8 Å². The average molecular weight is 462 g/mol. The van der Waals surface area contributed by atoms with Gasteiger partial charge in [-0.05, 0) is 59.1 Å². The van der Waals surface area contributed by atoms with Crippen LogP contribution in [0.3, 0.4) is 0 Å². The minimum atomic E-state index is -0.514. The van der Waals surface area contributed by atoms with Gasteiger partial charge in [-0.3, -0.25) is 9.59 Å². The number of carbonyl (C=O) groups is 2. The molecule has 0 aliphatic heterocycles. The molecule has 0 atom stereocenters. The normalized spacial score (nSPS) is 10.6. The molecular weight excluding hydrogens is 438 g/mol. The number of rotatable bonds is 9. The number of hydrazone groups is 1. The first-order chi connectivity index (χ1) is 13.9. The molecule has 2 amide bonds. The van der Waals surface area contributed by atoms with Crippen LogP contribution in [0.5, 0.6) is 11.5 Å². The van der Waals surface area contributed by atoms with Crippen molar-refractivity contribution in [1.82, 2.24) is 5.43 Å². The van der Waals surface area contributed by atoms with Crippen LogP contribution in [0, 0.1) is 6.92 Å². The van der Waals surface area contributed by atoms with Gasteiger partial charge in [0.05, 0.1) is 24.4 Å². The van der Waals surface area contributed by atoms with Gasteiger partial charge in [-0.15, -0.1) is 0 Å². The second kappa shape index (κ2) is 11.2. The summed E-state index contributed by atoms with van der Waals surface area (Å²) in [7, 11) is 1.55. The molecule has 8 heteroatoms. The first kappa shape index (κ1) is 22.4. The molecule has 0 saturated carbocycles. The third kappa shape index (κ3) is 7.23. The number of benzene rings is 2. The Morgan fingerprint density at radius 3 is 2.55 bits per heavy atom. The van der Waals surface area contributed by atoms with Gasteiger partial charge in [0.25, 0.3) is 0 Å². The van der Waals surface area contributed by atoms with Gasteiger partial charge in [0, 0.05) is 5.69 Å². The van der Waals surface area contributed by atoms with Crippen molar-refractivity contribution < 1.29 is 19.1 Å². The van der Waals surface area contributed by atoms with Gasteiger partial charge >= 0.3 is 0 Å². The molecule has 0 bridgehead atoms. The molecule has 0 aliphatic rings. The molecule has 0 radical (unpaired) electrons. The van der Waals surface area contributed by atoms with E-state index in [1.807, 2.05) is 26.0 Å². The molecule has 29 heavy (non-hydrogen) atoms. The lowest BCUT2D eigenvalue weighted by atomic mass is 10.2. The van der Waals surface area contributed by atoms with Crippen molar-refractivity contribution in [3.8, 4) is 11.5 Å². The summed E-state index contributed by atoms with van der Waals surface area (Å²) in [5.74, 6) is 0.240. The number of nitrogens with zero attached hydrogens (tertiary/aromatic N) is 1. The zero-order valence-corrected chi connectivity index (χ0v) is 18.2. The Kier molecular flexibility index (Phi) is 8.67. The molecule has 0 aromatic heterocycles. The number of hydrogen-bond acceptors (Lipinski definition) is 5. The molecule has 2 rings (SSSR count). The molecule has 154 valence electrons. The van der Waals surface area contributed by atoms with E-state index in [1.165, 1.54) is 6.21 Å². The van der Waals surface area contributed by atoms with Crippen molar-refractivity contribution in [2.45, 2.75) is 26.7 Å². The number of amides is 2. The molecule has 0 saturated heterocycles. The summed E-state index contributed by atoms with van der Waals surface area (Å²) in [4.78, 5) is 23.8. The standard InChI is InChI=1S/C21H24BrN3O4/c1-4-9-29-21-17(22)10-15(11-18(21)28-3)13-23-25-20(27)12-19(26)24-16-7-5-14(2)6-8-16/h5-8,10-11,13H,4,9,12H2,1-3H3,(H,24,26)(H,25,27). The molecule has 0 unspecified atom stereocenters. The lowest BCUT2D eigenvalue weighted by molar-refractivity contribution is -0.126. The lowest BCUT2D eigenvalue weighted by Gasteiger charge is -2.12.